The highest BCUT2D eigenvalue weighted by molar-refractivity contribution is 6.10. The van der Waals surface area contributed by atoms with Gasteiger partial charge in [-0.25, -0.2) is 0 Å². The summed E-state index contributed by atoms with van der Waals surface area (Å²) in [5.41, 5.74) is 6.98. The van der Waals surface area contributed by atoms with Gasteiger partial charge in [0.05, 0.1) is 0 Å². The van der Waals surface area contributed by atoms with E-state index in [1.165, 1.54) is 0 Å². The van der Waals surface area contributed by atoms with Gasteiger partial charge in [-0.15, -0.1) is 0 Å². The second kappa shape index (κ2) is 10.9. The van der Waals surface area contributed by atoms with Crippen LogP contribution in [0.25, 0.3) is 5.57 Å². The second-order valence-corrected chi connectivity index (χ2v) is 6.55. The predicted molar refractivity (Wildman–Crippen MR) is 122 cm³/mol. The Morgan fingerprint density at radius 1 is 1.11 bits per heavy atom. The molecule has 1 aromatic rings. The Kier molecular flexibility index (Phi) is 8.94. The van der Waals surface area contributed by atoms with Crippen molar-refractivity contribution in [3.8, 4) is 0 Å². The minimum atomic E-state index is 0.886. The second-order valence-electron chi connectivity index (χ2n) is 6.55. The molecule has 142 valence electrons. The number of aliphatic imine (C=N–C) groups is 2. The Morgan fingerprint density at radius 3 is 2.33 bits per heavy atom. The van der Waals surface area contributed by atoms with Crippen molar-refractivity contribution >= 4 is 17.5 Å². The van der Waals surface area contributed by atoms with Crippen LogP contribution < -0.4 is 0 Å². The molecule has 0 aliphatic heterocycles. The molecule has 1 aromatic carbocycles. The lowest BCUT2D eigenvalue weighted by atomic mass is 10.0. The third-order valence-corrected chi connectivity index (χ3v) is 3.96. The summed E-state index contributed by atoms with van der Waals surface area (Å²) in [6.45, 7) is 14.2. The first-order valence-corrected chi connectivity index (χ1v) is 8.93. The summed E-state index contributed by atoms with van der Waals surface area (Å²) in [6, 6.07) is 8.31. The SMILES string of the molecule is C=C(C)/C(=C\N=C(C)c1cccc(/C(C=NC)=C/C)c1)C(=C)/C=C\N(C)C. The fourth-order valence-corrected chi connectivity index (χ4v) is 2.41. The number of hydrogen-bond donors (Lipinski definition) is 0. The smallest absolute Gasteiger partial charge is 0.0445 e. The zero-order chi connectivity index (χ0) is 20.4. The van der Waals surface area contributed by atoms with E-state index in [1.807, 2.05) is 70.5 Å². The van der Waals surface area contributed by atoms with Gasteiger partial charge in [-0.2, -0.15) is 0 Å². The minimum Gasteiger partial charge on any atom is -0.383 e. The van der Waals surface area contributed by atoms with Crippen molar-refractivity contribution in [3.05, 3.63) is 89.8 Å². The third-order valence-electron chi connectivity index (χ3n) is 3.96. The van der Waals surface area contributed by atoms with E-state index in [0.717, 1.165) is 39.1 Å². The van der Waals surface area contributed by atoms with Gasteiger partial charge in [0, 0.05) is 44.8 Å². The summed E-state index contributed by atoms with van der Waals surface area (Å²) < 4.78 is 0. The van der Waals surface area contributed by atoms with Crippen molar-refractivity contribution < 1.29 is 0 Å². The quantitative estimate of drug-likeness (QED) is 0.432. The fourth-order valence-electron chi connectivity index (χ4n) is 2.41. The molecule has 0 spiro atoms. The molecule has 3 heteroatoms. The molecule has 0 bridgehead atoms. The van der Waals surface area contributed by atoms with Crippen molar-refractivity contribution in [2.75, 3.05) is 21.1 Å². The molecule has 0 N–H and O–H groups in total. The van der Waals surface area contributed by atoms with E-state index < -0.39 is 0 Å². The van der Waals surface area contributed by atoms with Crippen molar-refractivity contribution in [2.45, 2.75) is 20.8 Å². The third kappa shape index (κ3) is 7.06. The van der Waals surface area contributed by atoms with Crippen LogP contribution in [0.4, 0.5) is 0 Å². The number of allylic oxidation sites excluding steroid dienone is 6. The van der Waals surface area contributed by atoms with Crippen LogP contribution in [0.5, 0.6) is 0 Å². The van der Waals surface area contributed by atoms with Crippen molar-refractivity contribution in [1.82, 2.24) is 4.90 Å². The van der Waals surface area contributed by atoms with Gasteiger partial charge in [-0.05, 0) is 67.0 Å². The normalized spacial score (nSPS) is 13.5. The molecule has 0 fully saturated rings. The highest BCUT2D eigenvalue weighted by Gasteiger charge is 2.04. The monoisotopic (exact) mass is 361 g/mol. The van der Waals surface area contributed by atoms with Gasteiger partial charge in [-0.3, -0.25) is 9.98 Å². The Morgan fingerprint density at radius 2 is 1.78 bits per heavy atom. The molecule has 0 aromatic heterocycles. The average molecular weight is 362 g/mol. The van der Waals surface area contributed by atoms with E-state index in [4.69, 9.17) is 0 Å². The first-order chi connectivity index (χ1) is 12.8. The van der Waals surface area contributed by atoms with Crippen LogP contribution in [0.15, 0.2) is 88.7 Å². The number of rotatable bonds is 8. The van der Waals surface area contributed by atoms with Crippen LogP contribution in [0.3, 0.4) is 0 Å². The zero-order valence-corrected chi connectivity index (χ0v) is 17.5. The lowest BCUT2D eigenvalue weighted by Crippen LogP contribution is -2.00. The molecule has 0 aliphatic rings. The van der Waals surface area contributed by atoms with Gasteiger partial charge in [0.1, 0.15) is 0 Å². The molecule has 0 radical (unpaired) electrons. The average Bonchev–Trinajstić information content (AvgIpc) is 2.64. The lowest BCUT2D eigenvalue weighted by Gasteiger charge is -2.09. The van der Waals surface area contributed by atoms with Gasteiger partial charge in [0.2, 0.25) is 0 Å². The van der Waals surface area contributed by atoms with Crippen LogP contribution in [0, 0.1) is 0 Å². The van der Waals surface area contributed by atoms with Crippen molar-refractivity contribution in [2.24, 2.45) is 9.98 Å². The minimum absolute atomic E-state index is 0.886. The van der Waals surface area contributed by atoms with E-state index in [2.05, 4.69) is 47.4 Å². The summed E-state index contributed by atoms with van der Waals surface area (Å²) in [6.07, 6.45) is 9.70. The molecule has 3 nitrogen and oxygen atoms in total. The van der Waals surface area contributed by atoms with Gasteiger partial charge < -0.3 is 4.90 Å². The van der Waals surface area contributed by atoms with E-state index in [-0.39, 0.29) is 0 Å². The first-order valence-electron chi connectivity index (χ1n) is 8.93. The molecule has 1 rings (SSSR count). The lowest BCUT2D eigenvalue weighted by molar-refractivity contribution is 0.563. The van der Waals surface area contributed by atoms with Crippen LogP contribution in [0.2, 0.25) is 0 Å². The van der Waals surface area contributed by atoms with Crippen LogP contribution in [0.1, 0.15) is 31.9 Å². The Balaban J connectivity index is 3.21. The van der Waals surface area contributed by atoms with Gasteiger partial charge in [0.25, 0.3) is 0 Å². The van der Waals surface area contributed by atoms with E-state index in [9.17, 15) is 0 Å². The molecule has 0 atom stereocenters. The van der Waals surface area contributed by atoms with Crippen LogP contribution in [-0.2, 0) is 0 Å². The molecule has 0 aliphatic carbocycles. The van der Waals surface area contributed by atoms with Gasteiger partial charge in [-0.1, -0.05) is 37.4 Å². The molecule has 0 unspecified atom stereocenters. The maximum Gasteiger partial charge on any atom is 0.0445 e. The van der Waals surface area contributed by atoms with Gasteiger partial charge >= 0.3 is 0 Å². The predicted octanol–water partition coefficient (Wildman–Crippen LogP) is 5.69. The highest BCUT2D eigenvalue weighted by Crippen LogP contribution is 2.19. The van der Waals surface area contributed by atoms with E-state index in [0.29, 0.717) is 0 Å². The standard InChI is InChI=1S/C24H31N3/c1-9-21(16-25-6)23-12-10-11-22(15-23)20(5)26-17-24(18(2)3)19(4)13-14-27(7)8/h9-17H,2,4H2,1,3,5-8H3/b14-13-,21-9+,24-17+,25-16?,26-20?. The molecular formula is C24H31N3. The molecule has 0 saturated carbocycles. The van der Waals surface area contributed by atoms with Gasteiger partial charge in [0.15, 0.2) is 0 Å². The zero-order valence-electron chi connectivity index (χ0n) is 17.5. The molecule has 0 amide bonds. The van der Waals surface area contributed by atoms with Crippen molar-refractivity contribution in [1.29, 1.82) is 0 Å². The molecular weight excluding hydrogens is 330 g/mol. The summed E-state index contributed by atoms with van der Waals surface area (Å²) in [5, 5.41) is 0. The first kappa shape index (κ1) is 22.1. The Labute approximate surface area is 164 Å². The summed E-state index contributed by atoms with van der Waals surface area (Å²) in [5.74, 6) is 0. The topological polar surface area (TPSA) is 28.0 Å². The van der Waals surface area contributed by atoms with E-state index in [1.54, 1.807) is 7.05 Å². The number of hydrogen-bond acceptors (Lipinski definition) is 3. The number of benzene rings is 1. The number of nitrogens with zero attached hydrogens (tertiary/aromatic N) is 3. The molecule has 0 saturated heterocycles. The summed E-state index contributed by atoms with van der Waals surface area (Å²) in [7, 11) is 5.73. The van der Waals surface area contributed by atoms with Crippen molar-refractivity contribution in [3.63, 3.8) is 0 Å². The Bertz CT molecular complexity index is 831. The van der Waals surface area contributed by atoms with E-state index >= 15 is 0 Å². The molecule has 0 heterocycles. The highest BCUT2D eigenvalue weighted by atomic mass is 15.0. The maximum atomic E-state index is 4.67. The van der Waals surface area contributed by atoms with Crippen LogP contribution in [-0.4, -0.2) is 38.0 Å². The molecule has 27 heavy (non-hydrogen) atoms. The largest absolute Gasteiger partial charge is 0.383 e. The maximum absolute atomic E-state index is 4.67. The van der Waals surface area contributed by atoms with Crippen LogP contribution >= 0.6 is 0 Å². The summed E-state index contributed by atoms with van der Waals surface area (Å²) >= 11 is 0. The summed E-state index contributed by atoms with van der Waals surface area (Å²) in [4.78, 5) is 10.8. The fraction of sp³-hybridized carbons (Fsp3) is 0.250. The Hall–Kier alpha value is -2.94.